The smallest absolute Gasteiger partial charge is 0.267 e. The van der Waals surface area contributed by atoms with Crippen molar-refractivity contribution in [2.75, 3.05) is 0 Å². The van der Waals surface area contributed by atoms with E-state index in [0.717, 1.165) is 5.56 Å². The standard InChI is InChI=1S/C10H10Cl2N4O/c11-4-1-2-5(6(12)3-4)7-8(15-7)9(17)16-10(13)14/h1-3,7-8,15H,(H4,13,14,16,17). The first kappa shape index (κ1) is 12.2. The second kappa shape index (κ2) is 4.52. The highest BCUT2D eigenvalue weighted by Crippen LogP contribution is 2.36. The summed E-state index contributed by atoms with van der Waals surface area (Å²) >= 11 is 11.8. The summed E-state index contributed by atoms with van der Waals surface area (Å²) in [5.41, 5.74) is 11.1. The molecule has 0 bridgehead atoms. The first-order valence-electron chi connectivity index (χ1n) is 4.83. The summed E-state index contributed by atoms with van der Waals surface area (Å²) in [4.78, 5) is 15.0. The van der Waals surface area contributed by atoms with Crippen LogP contribution in [0.4, 0.5) is 0 Å². The molecule has 0 aliphatic carbocycles. The number of hydrogen-bond donors (Lipinski definition) is 3. The van der Waals surface area contributed by atoms with Gasteiger partial charge in [-0.3, -0.25) is 10.1 Å². The Balaban J connectivity index is 2.13. The Hall–Kier alpha value is -1.30. The van der Waals surface area contributed by atoms with Gasteiger partial charge in [-0.2, -0.15) is 4.99 Å². The zero-order valence-electron chi connectivity index (χ0n) is 8.65. The van der Waals surface area contributed by atoms with Crippen molar-refractivity contribution in [2.24, 2.45) is 16.5 Å². The van der Waals surface area contributed by atoms with Gasteiger partial charge in [-0.1, -0.05) is 29.3 Å². The maximum absolute atomic E-state index is 11.5. The summed E-state index contributed by atoms with van der Waals surface area (Å²) in [5.74, 6) is -0.648. The van der Waals surface area contributed by atoms with E-state index < -0.39 is 11.9 Å². The molecular weight excluding hydrogens is 263 g/mol. The highest BCUT2D eigenvalue weighted by atomic mass is 35.5. The maximum Gasteiger partial charge on any atom is 0.267 e. The lowest BCUT2D eigenvalue weighted by Gasteiger charge is -2.01. The molecule has 1 fully saturated rings. The second-order valence-corrected chi connectivity index (χ2v) is 4.51. The van der Waals surface area contributed by atoms with Crippen LogP contribution in [0, 0.1) is 0 Å². The van der Waals surface area contributed by atoms with E-state index in [0.29, 0.717) is 10.0 Å². The number of halogens is 2. The largest absolute Gasteiger partial charge is 0.370 e. The van der Waals surface area contributed by atoms with E-state index in [2.05, 4.69) is 10.3 Å². The minimum absolute atomic E-state index is 0.157. The van der Waals surface area contributed by atoms with Gasteiger partial charge in [0.15, 0.2) is 5.96 Å². The Labute approximate surface area is 108 Å². The molecule has 5 N–H and O–H groups in total. The van der Waals surface area contributed by atoms with Gasteiger partial charge in [0.1, 0.15) is 6.04 Å². The first-order valence-corrected chi connectivity index (χ1v) is 5.59. The van der Waals surface area contributed by atoms with Crippen molar-refractivity contribution >= 4 is 35.1 Å². The van der Waals surface area contributed by atoms with Gasteiger partial charge in [-0.05, 0) is 17.7 Å². The Kier molecular flexibility index (Phi) is 3.24. The molecule has 5 nitrogen and oxygen atoms in total. The lowest BCUT2D eigenvalue weighted by Crippen LogP contribution is -2.25. The van der Waals surface area contributed by atoms with Crippen LogP contribution in [0.1, 0.15) is 11.6 Å². The number of nitrogens with two attached hydrogens (primary N) is 2. The summed E-state index contributed by atoms with van der Waals surface area (Å²) in [6.45, 7) is 0. The highest BCUT2D eigenvalue weighted by molar-refractivity contribution is 6.35. The van der Waals surface area contributed by atoms with E-state index in [1.165, 1.54) is 0 Å². The molecule has 1 aliphatic heterocycles. The summed E-state index contributed by atoms with van der Waals surface area (Å²) < 4.78 is 0. The van der Waals surface area contributed by atoms with Gasteiger partial charge in [-0.15, -0.1) is 0 Å². The number of carbonyl (C=O) groups is 1. The van der Waals surface area contributed by atoms with Crippen molar-refractivity contribution in [3.8, 4) is 0 Å². The van der Waals surface area contributed by atoms with Gasteiger partial charge >= 0.3 is 0 Å². The minimum atomic E-state index is -0.421. The molecule has 1 aromatic carbocycles. The van der Waals surface area contributed by atoms with Gasteiger partial charge in [0.05, 0.1) is 6.04 Å². The third kappa shape index (κ3) is 2.69. The third-order valence-electron chi connectivity index (χ3n) is 2.39. The summed E-state index contributed by atoms with van der Waals surface area (Å²) in [5, 5.41) is 4.01. The maximum atomic E-state index is 11.5. The van der Waals surface area contributed by atoms with Gasteiger partial charge in [0, 0.05) is 10.0 Å². The number of guanidine groups is 1. The predicted molar refractivity (Wildman–Crippen MR) is 66.9 cm³/mol. The van der Waals surface area contributed by atoms with Crippen molar-refractivity contribution in [3.05, 3.63) is 33.8 Å². The summed E-state index contributed by atoms with van der Waals surface area (Å²) in [6, 6.07) is 4.53. The molecule has 90 valence electrons. The van der Waals surface area contributed by atoms with Crippen molar-refractivity contribution in [2.45, 2.75) is 12.1 Å². The fourth-order valence-corrected chi connectivity index (χ4v) is 2.10. The van der Waals surface area contributed by atoms with Crippen LogP contribution in [0.2, 0.25) is 10.0 Å². The molecule has 1 aliphatic rings. The van der Waals surface area contributed by atoms with Crippen molar-refractivity contribution in [3.63, 3.8) is 0 Å². The Morgan fingerprint density at radius 1 is 1.35 bits per heavy atom. The monoisotopic (exact) mass is 272 g/mol. The predicted octanol–water partition coefficient (Wildman–Crippen LogP) is 0.806. The molecule has 2 rings (SSSR count). The zero-order valence-corrected chi connectivity index (χ0v) is 10.2. The molecule has 0 aromatic heterocycles. The van der Waals surface area contributed by atoms with Gasteiger partial charge in [0.2, 0.25) is 0 Å². The lowest BCUT2D eigenvalue weighted by molar-refractivity contribution is -0.117. The molecule has 0 saturated carbocycles. The SMILES string of the molecule is NC(N)=NC(=O)C1NC1c1ccc(Cl)cc1Cl. The molecule has 2 unspecified atom stereocenters. The average molecular weight is 273 g/mol. The molecule has 0 spiro atoms. The number of aliphatic imine (C=N–C) groups is 1. The zero-order chi connectivity index (χ0) is 12.6. The quantitative estimate of drug-likeness (QED) is 0.421. The van der Waals surface area contributed by atoms with E-state index in [4.69, 9.17) is 34.7 Å². The number of benzene rings is 1. The second-order valence-electron chi connectivity index (χ2n) is 3.66. The first-order chi connectivity index (χ1) is 7.99. The number of carbonyl (C=O) groups excluding carboxylic acids is 1. The Morgan fingerprint density at radius 2 is 2.06 bits per heavy atom. The van der Waals surface area contributed by atoms with E-state index in [1.54, 1.807) is 18.2 Å². The van der Waals surface area contributed by atoms with Crippen LogP contribution in [0.5, 0.6) is 0 Å². The summed E-state index contributed by atoms with van der Waals surface area (Å²) in [7, 11) is 0. The van der Waals surface area contributed by atoms with E-state index in [-0.39, 0.29) is 12.0 Å². The number of nitrogens with one attached hydrogen (secondary N) is 1. The Morgan fingerprint density at radius 3 is 2.65 bits per heavy atom. The van der Waals surface area contributed by atoms with E-state index in [9.17, 15) is 4.79 Å². The number of nitrogens with zero attached hydrogens (tertiary/aromatic N) is 1. The van der Waals surface area contributed by atoms with Crippen molar-refractivity contribution in [1.29, 1.82) is 0 Å². The van der Waals surface area contributed by atoms with Gasteiger partial charge in [0.25, 0.3) is 5.91 Å². The van der Waals surface area contributed by atoms with Crippen molar-refractivity contribution in [1.82, 2.24) is 5.32 Å². The van der Waals surface area contributed by atoms with Crippen LogP contribution in [0.15, 0.2) is 23.2 Å². The van der Waals surface area contributed by atoms with Crippen LogP contribution < -0.4 is 16.8 Å². The molecular formula is C10H10Cl2N4O. The minimum Gasteiger partial charge on any atom is -0.370 e. The van der Waals surface area contributed by atoms with Crippen LogP contribution in [-0.4, -0.2) is 17.9 Å². The van der Waals surface area contributed by atoms with Crippen LogP contribution in [-0.2, 0) is 4.79 Å². The molecule has 0 radical (unpaired) electrons. The van der Waals surface area contributed by atoms with E-state index in [1.807, 2.05) is 0 Å². The topological polar surface area (TPSA) is 103 Å². The number of amides is 1. The molecule has 1 heterocycles. The fourth-order valence-electron chi connectivity index (χ4n) is 1.57. The molecule has 1 aromatic rings. The van der Waals surface area contributed by atoms with Crippen LogP contribution in [0.25, 0.3) is 0 Å². The lowest BCUT2D eigenvalue weighted by atomic mass is 10.1. The molecule has 2 atom stereocenters. The molecule has 1 saturated heterocycles. The third-order valence-corrected chi connectivity index (χ3v) is 2.95. The Bertz CT molecular complexity index is 499. The van der Waals surface area contributed by atoms with Gasteiger partial charge in [-0.25, -0.2) is 0 Å². The molecule has 1 amide bonds. The highest BCUT2D eigenvalue weighted by Gasteiger charge is 2.44. The van der Waals surface area contributed by atoms with Crippen LogP contribution >= 0.6 is 23.2 Å². The summed E-state index contributed by atoms with van der Waals surface area (Å²) in [6.07, 6.45) is 0. The average Bonchev–Trinajstić information content (AvgIpc) is 2.96. The van der Waals surface area contributed by atoms with Crippen LogP contribution in [0.3, 0.4) is 0 Å². The number of rotatable bonds is 2. The van der Waals surface area contributed by atoms with E-state index >= 15 is 0 Å². The number of hydrogen-bond acceptors (Lipinski definition) is 2. The van der Waals surface area contributed by atoms with Crippen molar-refractivity contribution < 1.29 is 4.79 Å². The van der Waals surface area contributed by atoms with Gasteiger partial charge < -0.3 is 11.5 Å². The normalized spacial score (nSPS) is 22.0. The fraction of sp³-hybridized carbons (Fsp3) is 0.200. The molecule has 7 heteroatoms. The molecule has 17 heavy (non-hydrogen) atoms.